The molecule has 0 saturated heterocycles. The Morgan fingerprint density at radius 1 is 1.29 bits per heavy atom. The van der Waals surface area contributed by atoms with E-state index in [2.05, 4.69) is 4.74 Å². The molecule has 1 aromatic rings. The second-order valence-corrected chi connectivity index (χ2v) is 5.55. The normalized spacial score (nSPS) is 11.4. The summed E-state index contributed by atoms with van der Waals surface area (Å²) >= 11 is 0. The number of aliphatic carboxylic acids is 1. The van der Waals surface area contributed by atoms with Crippen LogP contribution in [0.2, 0.25) is 0 Å². The van der Waals surface area contributed by atoms with Crippen LogP contribution in [0.1, 0.15) is 25.8 Å². The maximum Gasteiger partial charge on any atom is 0.422 e. The van der Waals surface area contributed by atoms with Crippen molar-refractivity contribution in [1.82, 2.24) is 4.90 Å². The van der Waals surface area contributed by atoms with Gasteiger partial charge in [0.15, 0.2) is 6.61 Å². The molecule has 0 aliphatic heterocycles. The van der Waals surface area contributed by atoms with Crippen LogP contribution >= 0.6 is 0 Å². The van der Waals surface area contributed by atoms with Crippen LogP contribution in [0.3, 0.4) is 0 Å². The number of carboxylic acid groups (broad SMARTS) is 1. The van der Waals surface area contributed by atoms with Crippen molar-refractivity contribution in [1.29, 1.82) is 0 Å². The molecule has 134 valence electrons. The van der Waals surface area contributed by atoms with Crippen LogP contribution in [0.5, 0.6) is 5.75 Å². The van der Waals surface area contributed by atoms with Crippen LogP contribution in [0, 0.1) is 0 Å². The number of carbonyl (C=O) groups excluding carboxylic acids is 1. The fourth-order valence-corrected chi connectivity index (χ4v) is 2.07. The van der Waals surface area contributed by atoms with Crippen LogP contribution in [-0.4, -0.2) is 47.3 Å². The second kappa shape index (κ2) is 8.56. The second-order valence-electron chi connectivity index (χ2n) is 5.55. The van der Waals surface area contributed by atoms with Gasteiger partial charge in [-0.05, 0) is 31.5 Å². The SMILES string of the molecule is CC(C)N(CCC(=O)O)C(=O)Cc1cccc(OCC(F)(F)F)c1. The number of carbonyl (C=O) groups is 2. The third-order valence-corrected chi connectivity index (χ3v) is 3.17. The number of halogens is 3. The van der Waals surface area contributed by atoms with Crippen molar-refractivity contribution in [3.63, 3.8) is 0 Å². The van der Waals surface area contributed by atoms with E-state index in [0.29, 0.717) is 5.56 Å². The van der Waals surface area contributed by atoms with E-state index >= 15 is 0 Å². The predicted octanol–water partition coefficient (Wildman–Crippen LogP) is 2.88. The Labute approximate surface area is 138 Å². The topological polar surface area (TPSA) is 66.8 Å². The molecule has 0 unspecified atom stereocenters. The molecular formula is C16H20F3NO4. The zero-order chi connectivity index (χ0) is 18.3. The number of nitrogens with zero attached hydrogens (tertiary/aromatic N) is 1. The summed E-state index contributed by atoms with van der Waals surface area (Å²) in [4.78, 5) is 24.4. The van der Waals surface area contributed by atoms with Gasteiger partial charge in [-0.3, -0.25) is 9.59 Å². The Balaban J connectivity index is 2.72. The first kappa shape index (κ1) is 19.8. The highest BCUT2D eigenvalue weighted by Gasteiger charge is 2.28. The highest BCUT2D eigenvalue weighted by Crippen LogP contribution is 2.20. The molecule has 1 amide bonds. The summed E-state index contributed by atoms with van der Waals surface area (Å²) in [7, 11) is 0. The summed E-state index contributed by atoms with van der Waals surface area (Å²) in [6, 6.07) is 5.68. The lowest BCUT2D eigenvalue weighted by Gasteiger charge is -2.26. The minimum absolute atomic E-state index is 0.0271. The number of carboxylic acids is 1. The highest BCUT2D eigenvalue weighted by molar-refractivity contribution is 5.79. The monoisotopic (exact) mass is 347 g/mol. The Bertz CT molecular complexity index is 573. The molecule has 0 radical (unpaired) electrons. The molecule has 0 bridgehead atoms. The van der Waals surface area contributed by atoms with Gasteiger partial charge >= 0.3 is 12.1 Å². The van der Waals surface area contributed by atoms with E-state index in [4.69, 9.17) is 5.11 Å². The van der Waals surface area contributed by atoms with E-state index in [-0.39, 0.29) is 37.1 Å². The number of ether oxygens (including phenoxy) is 1. The van der Waals surface area contributed by atoms with Crippen molar-refractivity contribution in [2.45, 2.75) is 38.9 Å². The quantitative estimate of drug-likeness (QED) is 0.785. The van der Waals surface area contributed by atoms with Crippen LogP contribution in [0.25, 0.3) is 0 Å². The van der Waals surface area contributed by atoms with Crippen molar-refractivity contribution in [2.75, 3.05) is 13.2 Å². The molecule has 0 aromatic heterocycles. The van der Waals surface area contributed by atoms with Gasteiger partial charge in [-0.2, -0.15) is 13.2 Å². The number of hydrogen-bond donors (Lipinski definition) is 1. The van der Waals surface area contributed by atoms with Gasteiger partial charge in [0.2, 0.25) is 5.91 Å². The fourth-order valence-electron chi connectivity index (χ4n) is 2.07. The molecule has 1 N–H and O–H groups in total. The molecule has 0 aliphatic rings. The fraction of sp³-hybridized carbons (Fsp3) is 0.500. The van der Waals surface area contributed by atoms with E-state index in [9.17, 15) is 22.8 Å². The summed E-state index contributed by atoms with van der Waals surface area (Å²) in [5.41, 5.74) is 0.501. The molecule has 5 nitrogen and oxygen atoms in total. The summed E-state index contributed by atoms with van der Waals surface area (Å²) in [6.45, 7) is 2.21. The Morgan fingerprint density at radius 2 is 1.96 bits per heavy atom. The first-order chi connectivity index (χ1) is 11.1. The maximum absolute atomic E-state index is 12.3. The number of alkyl halides is 3. The van der Waals surface area contributed by atoms with Crippen LogP contribution in [0.15, 0.2) is 24.3 Å². The van der Waals surface area contributed by atoms with Gasteiger partial charge in [0, 0.05) is 12.6 Å². The average molecular weight is 347 g/mol. The molecule has 0 spiro atoms. The minimum atomic E-state index is -4.43. The van der Waals surface area contributed by atoms with E-state index in [1.54, 1.807) is 19.9 Å². The van der Waals surface area contributed by atoms with Crippen LogP contribution in [0.4, 0.5) is 13.2 Å². The van der Waals surface area contributed by atoms with E-state index in [0.717, 1.165) is 0 Å². The minimum Gasteiger partial charge on any atom is -0.484 e. The maximum atomic E-state index is 12.3. The Morgan fingerprint density at radius 3 is 2.50 bits per heavy atom. The molecule has 1 rings (SSSR count). The molecule has 0 atom stereocenters. The van der Waals surface area contributed by atoms with E-state index < -0.39 is 18.8 Å². The first-order valence-corrected chi connectivity index (χ1v) is 7.38. The summed E-state index contributed by atoms with van der Waals surface area (Å²) in [6.07, 6.45) is -4.64. The molecule has 8 heteroatoms. The summed E-state index contributed by atoms with van der Waals surface area (Å²) < 4.78 is 41.1. The molecule has 0 saturated carbocycles. The highest BCUT2D eigenvalue weighted by atomic mass is 19.4. The predicted molar refractivity (Wildman–Crippen MR) is 80.8 cm³/mol. The third kappa shape index (κ3) is 7.34. The largest absolute Gasteiger partial charge is 0.484 e. The lowest BCUT2D eigenvalue weighted by molar-refractivity contribution is -0.153. The van der Waals surface area contributed by atoms with Gasteiger partial charge in [-0.1, -0.05) is 12.1 Å². The molecule has 0 fully saturated rings. The lowest BCUT2D eigenvalue weighted by atomic mass is 10.1. The lowest BCUT2D eigenvalue weighted by Crippen LogP contribution is -2.39. The van der Waals surface area contributed by atoms with Gasteiger partial charge in [0.05, 0.1) is 12.8 Å². The van der Waals surface area contributed by atoms with Crippen molar-refractivity contribution in [3.8, 4) is 5.75 Å². The summed E-state index contributed by atoms with van der Waals surface area (Å²) in [5.74, 6) is -1.27. The molecular weight excluding hydrogens is 327 g/mol. The van der Waals surface area contributed by atoms with Crippen LogP contribution in [-0.2, 0) is 16.0 Å². The van der Waals surface area contributed by atoms with Crippen LogP contribution < -0.4 is 4.74 Å². The third-order valence-electron chi connectivity index (χ3n) is 3.17. The van der Waals surface area contributed by atoms with Gasteiger partial charge in [-0.15, -0.1) is 0 Å². The van der Waals surface area contributed by atoms with Gasteiger partial charge in [0.1, 0.15) is 5.75 Å². The van der Waals surface area contributed by atoms with Crippen molar-refractivity contribution in [2.24, 2.45) is 0 Å². The molecule has 0 heterocycles. The van der Waals surface area contributed by atoms with Gasteiger partial charge in [-0.25, -0.2) is 0 Å². The molecule has 0 aliphatic carbocycles. The number of hydrogen-bond acceptors (Lipinski definition) is 3. The zero-order valence-corrected chi connectivity index (χ0v) is 13.5. The Hall–Kier alpha value is -2.25. The number of amides is 1. The number of rotatable bonds is 8. The molecule has 24 heavy (non-hydrogen) atoms. The van der Waals surface area contributed by atoms with Crippen molar-refractivity contribution >= 4 is 11.9 Å². The first-order valence-electron chi connectivity index (χ1n) is 7.38. The van der Waals surface area contributed by atoms with E-state index in [1.807, 2.05) is 0 Å². The average Bonchev–Trinajstić information content (AvgIpc) is 2.44. The smallest absolute Gasteiger partial charge is 0.422 e. The van der Waals surface area contributed by atoms with Gasteiger partial charge in [0.25, 0.3) is 0 Å². The number of benzene rings is 1. The van der Waals surface area contributed by atoms with Gasteiger partial charge < -0.3 is 14.7 Å². The van der Waals surface area contributed by atoms with Crippen molar-refractivity contribution in [3.05, 3.63) is 29.8 Å². The Kier molecular flexibility index (Phi) is 7.06. The standard InChI is InChI=1S/C16H20F3NO4/c1-11(2)20(7-6-15(22)23)14(21)9-12-4-3-5-13(8-12)24-10-16(17,18)19/h3-5,8,11H,6-7,9-10H2,1-2H3,(H,22,23). The zero-order valence-electron chi connectivity index (χ0n) is 13.5. The van der Waals surface area contributed by atoms with Crippen molar-refractivity contribution < 1.29 is 32.6 Å². The van der Waals surface area contributed by atoms with E-state index in [1.165, 1.54) is 23.1 Å². The summed E-state index contributed by atoms with van der Waals surface area (Å²) in [5, 5.41) is 8.73. The molecule has 1 aromatic carbocycles.